The molecule has 1 aliphatic heterocycles. The Morgan fingerprint density at radius 3 is 2.92 bits per heavy atom. The first-order valence-electron chi connectivity index (χ1n) is 7.91. The minimum atomic E-state index is -0.733. The number of carbonyl (C=O) groups is 1. The molecule has 9 heteroatoms. The standard InChI is InChI=1S/C15H24N4O5/c1-18(2)7-4-3-5-12(21)16-11-6-8-19(15(22)17-11)13-10-23-14(9-20)24-13/h6,8,13-14,20H,3-5,7,9-10H2,1-2H3,(H,16,17,21,22). The lowest BCUT2D eigenvalue weighted by molar-refractivity contribution is -0.116. The van der Waals surface area contributed by atoms with Gasteiger partial charge in [-0.2, -0.15) is 4.98 Å². The Labute approximate surface area is 140 Å². The summed E-state index contributed by atoms with van der Waals surface area (Å²) < 4.78 is 11.8. The first-order valence-corrected chi connectivity index (χ1v) is 7.91. The van der Waals surface area contributed by atoms with Crippen LogP contribution >= 0.6 is 0 Å². The topological polar surface area (TPSA) is 106 Å². The van der Waals surface area contributed by atoms with E-state index in [-0.39, 0.29) is 24.9 Å². The summed E-state index contributed by atoms with van der Waals surface area (Å²) in [6.07, 6.45) is 2.22. The molecular formula is C15H24N4O5. The summed E-state index contributed by atoms with van der Waals surface area (Å²) in [7, 11) is 3.97. The predicted molar refractivity (Wildman–Crippen MR) is 86.5 cm³/mol. The largest absolute Gasteiger partial charge is 0.391 e. The maximum Gasteiger partial charge on any atom is 0.351 e. The number of anilines is 1. The monoisotopic (exact) mass is 340 g/mol. The third-order valence-corrected chi connectivity index (χ3v) is 3.55. The number of amides is 1. The van der Waals surface area contributed by atoms with Crippen LogP contribution in [0.5, 0.6) is 0 Å². The number of hydrogen-bond donors (Lipinski definition) is 2. The minimum Gasteiger partial charge on any atom is -0.391 e. The fraction of sp³-hybridized carbons (Fsp3) is 0.667. The van der Waals surface area contributed by atoms with Crippen molar-refractivity contribution in [2.45, 2.75) is 31.8 Å². The molecule has 2 atom stereocenters. The molecule has 0 saturated carbocycles. The van der Waals surface area contributed by atoms with Gasteiger partial charge in [0, 0.05) is 12.6 Å². The number of unbranched alkanes of at least 4 members (excludes halogenated alkanes) is 1. The molecule has 1 saturated heterocycles. The number of aliphatic hydroxyl groups excluding tert-OH is 1. The summed E-state index contributed by atoms with van der Waals surface area (Å²) in [5.74, 6) is 0.0469. The molecule has 24 heavy (non-hydrogen) atoms. The summed E-state index contributed by atoms with van der Waals surface area (Å²) in [6, 6.07) is 1.54. The minimum absolute atomic E-state index is 0.157. The van der Waals surface area contributed by atoms with Gasteiger partial charge in [0.05, 0.1) is 13.2 Å². The molecule has 1 aromatic heterocycles. The first-order chi connectivity index (χ1) is 11.5. The second-order valence-corrected chi connectivity index (χ2v) is 5.85. The van der Waals surface area contributed by atoms with Crippen LogP contribution < -0.4 is 11.0 Å². The maximum atomic E-state index is 12.0. The van der Waals surface area contributed by atoms with Crippen molar-refractivity contribution in [2.24, 2.45) is 0 Å². The number of nitrogens with zero attached hydrogens (tertiary/aromatic N) is 3. The Morgan fingerprint density at radius 2 is 2.29 bits per heavy atom. The Kier molecular flexibility index (Phi) is 6.85. The van der Waals surface area contributed by atoms with Crippen LogP contribution in [0.25, 0.3) is 0 Å². The quantitative estimate of drug-likeness (QED) is 0.630. The lowest BCUT2D eigenvalue weighted by Crippen LogP contribution is -2.29. The second kappa shape index (κ2) is 8.88. The Balaban J connectivity index is 1.86. The molecule has 0 radical (unpaired) electrons. The van der Waals surface area contributed by atoms with E-state index < -0.39 is 18.2 Å². The molecule has 1 fully saturated rings. The van der Waals surface area contributed by atoms with Crippen LogP contribution in [0, 0.1) is 0 Å². The van der Waals surface area contributed by atoms with Gasteiger partial charge in [-0.15, -0.1) is 0 Å². The van der Waals surface area contributed by atoms with Crippen LogP contribution in [0.2, 0.25) is 0 Å². The average Bonchev–Trinajstić information content (AvgIpc) is 3.00. The van der Waals surface area contributed by atoms with E-state index in [4.69, 9.17) is 14.6 Å². The molecule has 2 unspecified atom stereocenters. The smallest absolute Gasteiger partial charge is 0.351 e. The van der Waals surface area contributed by atoms with Crippen LogP contribution in [0.1, 0.15) is 25.5 Å². The number of aliphatic hydroxyl groups is 1. The van der Waals surface area contributed by atoms with Crippen molar-refractivity contribution in [3.63, 3.8) is 0 Å². The highest BCUT2D eigenvalue weighted by Crippen LogP contribution is 2.19. The SMILES string of the molecule is CN(C)CCCCC(=O)Nc1ccn(C2COC(CO)O2)c(=O)n1. The Hall–Kier alpha value is -1.81. The molecule has 0 aliphatic carbocycles. The van der Waals surface area contributed by atoms with Gasteiger partial charge in [0.2, 0.25) is 5.91 Å². The fourth-order valence-corrected chi connectivity index (χ4v) is 2.31. The van der Waals surface area contributed by atoms with Crippen LogP contribution in [0.15, 0.2) is 17.1 Å². The van der Waals surface area contributed by atoms with E-state index >= 15 is 0 Å². The zero-order valence-electron chi connectivity index (χ0n) is 14.0. The molecule has 0 aromatic carbocycles. The summed E-state index contributed by atoms with van der Waals surface area (Å²) >= 11 is 0. The summed E-state index contributed by atoms with van der Waals surface area (Å²) in [5, 5.41) is 11.6. The van der Waals surface area contributed by atoms with Gasteiger partial charge >= 0.3 is 5.69 Å². The maximum absolute atomic E-state index is 12.0. The van der Waals surface area contributed by atoms with Crippen molar-refractivity contribution in [3.8, 4) is 0 Å². The van der Waals surface area contributed by atoms with Crippen LogP contribution in [-0.2, 0) is 14.3 Å². The first kappa shape index (κ1) is 18.5. The van der Waals surface area contributed by atoms with E-state index in [0.717, 1.165) is 19.4 Å². The van der Waals surface area contributed by atoms with Gasteiger partial charge in [-0.25, -0.2) is 4.79 Å². The van der Waals surface area contributed by atoms with E-state index in [1.54, 1.807) is 0 Å². The van der Waals surface area contributed by atoms with Gasteiger partial charge in [-0.3, -0.25) is 9.36 Å². The van der Waals surface area contributed by atoms with Crippen molar-refractivity contribution in [1.82, 2.24) is 14.5 Å². The number of aromatic nitrogens is 2. The molecule has 0 spiro atoms. The zero-order valence-corrected chi connectivity index (χ0v) is 14.0. The van der Waals surface area contributed by atoms with Crippen molar-refractivity contribution in [3.05, 3.63) is 22.7 Å². The van der Waals surface area contributed by atoms with Gasteiger partial charge in [0.1, 0.15) is 5.82 Å². The van der Waals surface area contributed by atoms with Gasteiger partial charge in [-0.1, -0.05) is 0 Å². The van der Waals surface area contributed by atoms with Crippen LogP contribution in [0.3, 0.4) is 0 Å². The predicted octanol–water partition coefficient (Wildman–Crippen LogP) is -0.222. The number of ether oxygens (including phenoxy) is 2. The number of nitrogens with one attached hydrogen (secondary N) is 1. The average molecular weight is 340 g/mol. The van der Waals surface area contributed by atoms with Crippen LogP contribution in [-0.4, -0.2) is 65.6 Å². The molecule has 2 N–H and O–H groups in total. The third kappa shape index (κ3) is 5.38. The molecule has 9 nitrogen and oxygen atoms in total. The summed E-state index contributed by atoms with van der Waals surface area (Å²) in [4.78, 5) is 29.8. The number of carbonyl (C=O) groups excluding carboxylic acids is 1. The van der Waals surface area contributed by atoms with Gasteiger partial charge in [0.25, 0.3) is 0 Å². The van der Waals surface area contributed by atoms with E-state index in [9.17, 15) is 9.59 Å². The second-order valence-electron chi connectivity index (χ2n) is 5.85. The van der Waals surface area contributed by atoms with E-state index in [1.807, 2.05) is 14.1 Å². The lowest BCUT2D eigenvalue weighted by Gasteiger charge is -2.13. The van der Waals surface area contributed by atoms with Gasteiger partial charge < -0.3 is 24.8 Å². The van der Waals surface area contributed by atoms with Crippen molar-refractivity contribution >= 4 is 11.7 Å². The fourth-order valence-electron chi connectivity index (χ4n) is 2.31. The summed E-state index contributed by atoms with van der Waals surface area (Å²) in [6.45, 7) is 0.810. The molecule has 1 aromatic rings. The third-order valence-electron chi connectivity index (χ3n) is 3.55. The van der Waals surface area contributed by atoms with Gasteiger partial charge in [0.15, 0.2) is 12.5 Å². The summed E-state index contributed by atoms with van der Waals surface area (Å²) in [5.41, 5.74) is -0.549. The Morgan fingerprint density at radius 1 is 1.50 bits per heavy atom. The van der Waals surface area contributed by atoms with Crippen molar-refractivity contribution in [2.75, 3.05) is 39.2 Å². The zero-order chi connectivity index (χ0) is 17.5. The molecular weight excluding hydrogens is 316 g/mol. The van der Waals surface area contributed by atoms with E-state index in [1.165, 1.54) is 16.8 Å². The molecule has 134 valence electrons. The van der Waals surface area contributed by atoms with Crippen molar-refractivity contribution < 1.29 is 19.4 Å². The highest BCUT2D eigenvalue weighted by Gasteiger charge is 2.27. The lowest BCUT2D eigenvalue weighted by atomic mass is 10.2. The van der Waals surface area contributed by atoms with Crippen molar-refractivity contribution in [1.29, 1.82) is 0 Å². The molecule has 1 aliphatic rings. The number of hydrogen-bond acceptors (Lipinski definition) is 7. The molecule has 1 amide bonds. The number of rotatable bonds is 8. The van der Waals surface area contributed by atoms with E-state index in [0.29, 0.717) is 6.42 Å². The highest BCUT2D eigenvalue weighted by molar-refractivity contribution is 5.89. The molecule has 2 heterocycles. The molecule has 2 rings (SSSR count). The molecule has 0 bridgehead atoms. The van der Waals surface area contributed by atoms with Crippen LogP contribution in [0.4, 0.5) is 5.82 Å². The van der Waals surface area contributed by atoms with Gasteiger partial charge in [-0.05, 0) is 39.5 Å². The highest BCUT2D eigenvalue weighted by atomic mass is 16.7. The van der Waals surface area contributed by atoms with E-state index in [2.05, 4.69) is 15.2 Å². The normalized spacial score (nSPS) is 20.5. The Bertz CT molecular complexity index is 604.